The molecule has 1 heterocycles. The summed E-state index contributed by atoms with van der Waals surface area (Å²) in [6.45, 7) is 0. The maximum atomic E-state index is 6.14. The Balaban J connectivity index is 2.43. The van der Waals surface area contributed by atoms with Gasteiger partial charge in [0.25, 0.3) is 8.45 Å². The van der Waals surface area contributed by atoms with Crippen LogP contribution in [0.3, 0.4) is 0 Å². The van der Waals surface area contributed by atoms with Gasteiger partial charge in [-0.2, -0.15) is 0 Å². The van der Waals surface area contributed by atoms with Crippen LogP contribution < -0.4 is 8.96 Å². The molecule has 1 aliphatic rings. The van der Waals surface area contributed by atoms with Gasteiger partial charge in [0, 0.05) is 0 Å². The number of anilines is 1. The highest BCUT2D eigenvalue weighted by Gasteiger charge is 2.41. The smallest absolute Gasteiger partial charge is 0.284 e. The van der Waals surface area contributed by atoms with Crippen LogP contribution in [-0.4, -0.2) is 56.3 Å². The number of hydrogen-bond acceptors (Lipinski definition) is 5. The van der Waals surface area contributed by atoms with Gasteiger partial charge < -0.3 is 4.52 Å². The number of para-hydroxylation sites is 2. The minimum absolute atomic E-state index is 0.576. The largest absolute Gasteiger partial charge is 0.438 e. The third-order valence-corrected chi connectivity index (χ3v) is 7.16. The van der Waals surface area contributed by atoms with Crippen LogP contribution in [0.4, 0.5) is 5.69 Å². The molecular formula is C12H22N4OP2. The lowest BCUT2D eigenvalue weighted by Gasteiger charge is -2.40. The van der Waals surface area contributed by atoms with E-state index in [4.69, 9.17) is 4.52 Å². The standard InChI is InChI=1S/C12H22N4OP2/c1-13(2)18(14(3)4)16-11-9-7-8-10-12(11)17-19(16)15(5)6/h7-10H,1-6H3. The van der Waals surface area contributed by atoms with Gasteiger partial charge in [0.2, 0.25) is 0 Å². The summed E-state index contributed by atoms with van der Waals surface area (Å²) in [7, 11) is 11.3. The van der Waals surface area contributed by atoms with E-state index in [0.717, 1.165) is 5.75 Å². The van der Waals surface area contributed by atoms with Crippen LogP contribution in [0.1, 0.15) is 0 Å². The molecule has 1 aromatic carbocycles. The van der Waals surface area contributed by atoms with Crippen molar-refractivity contribution in [2.75, 3.05) is 46.7 Å². The second kappa shape index (κ2) is 5.90. The lowest BCUT2D eigenvalue weighted by molar-refractivity contribution is 0.540. The molecule has 0 saturated carbocycles. The second-order valence-corrected chi connectivity index (χ2v) is 9.65. The third kappa shape index (κ3) is 2.86. The van der Waals surface area contributed by atoms with Crippen LogP contribution in [-0.2, 0) is 0 Å². The molecule has 5 nitrogen and oxygen atoms in total. The molecular weight excluding hydrogens is 278 g/mol. The fraction of sp³-hybridized carbons (Fsp3) is 0.500. The average Bonchev–Trinajstić information content (AvgIpc) is 2.68. The molecule has 1 unspecified atom stereocenters. The van der Waals surface area contributed by atoms with Crippen LogP contribution >= 0.6 is 16.8 Å². The van der Waals surface area contributed by atoms with Crippen LogP contribution in [0.15, 0.2) is 24.3 Å². The first kappa shape index (κ1) is 15.0. The lowest BCUT2D eigenvalue weighted by atomic mass is 10.3. The molecule has 106 valence electrons. The second-order valence-electron chi connectivity index (χ2n) is 4.91. The predicted octanol–water partition coefficient (Wildman–Crippen LogP) is 3.02. The summed E-state index contributed by atoms with van der Waals surface area (Å²) in [5, 5.41) is 0. The molecule has 7 heteroatoms. The molecule has 0 spiro atoms. The summed E-state index contributed by atoms with van der Waals surface area (Å²) in [6.07, 6.45) is 0. The summed E-state index contributed by atoms with van der Waals surface area (Å²) >= 11 is 0. The monoisotopic (exact) mass is 300 g/mol. The number of fused-ring (bicyclic) bond motifs is 1. The highest BCUT2D eigenvalue weighted by atomic mass is 31.2. The Hall–Kier alpha value is -0.440. The number of hydrogen-bond donors (Lipinski definition) is 0. The molecule has 0 N–H and O–H groups in total. The van der Waals surface area contributed by atoms with Crippen molar-refractivity contribution in [3.8, 4) is 5.75 Å². The van der Waals surface area contributed by atoms with E-state index in [2.05, 4.69) is 72.9 Å². The van der Waals surface area contributed by atoms with Crippen molar-refractivity contribution in [1.82, 2.24) is 14.0 Å². The summed E-state index contributed by atoms with van der Waals surface area (Å²) in [5.41, 5.74) is 1.19. The first-order chi connectivity index (χ1) is 8.93. The summed E-state index contributed by atoms with van der Waals surface area (Å²) in [6, 6.07) is 8.29. The molecule has 1 atom stereocenters. The van der Waals surface area contributed by atoms with Crippen molar-refractivity contribution in [1.29, 1.82) is 0 Å². The molecule has 0 amide bonds. The highest BCUT2D eigenvalue weighted by molar-refractivity contribution is 7.72. The quantitative estimate of drug-likeness (QED) is 0.795. The summed E-state index contributed by atoms with van der Waals surface area (Å²) in [4.78, 5) is 0. The van der Waals surface area contributed by atoms with Gasteiger partial charge in [-0.1, -0.05) is 12.1 Å². The molecule has 0 fully saturated rings. The van der Waals surface area contributed by atoms with Crippen molar-refractivity contribution < 1.29 is 4.52 Å². The number of nitrogens with zero attached hydrogens (tertiary/aromatic N) is 4. The molecule has 19 heavy (non-hydrogen) atoms. The Labute approximate surface area is 118 Å². The van der Waals surface area contributed by atoms with Crippen molar-refractivity contribution in [2.45, 2.75) is 0 Å². The van der Waals surface area contributed by atoms with Gasteiger partial charge in [-0.15, -0.1) is 0 Å². The van der Waals surface area contributed by atoms with Crippen molar-refractivity contribution in [2.24, 2.45) is 0 Å². The zero-order valence-electron chi connectivity index (χ0n) is 12.4. The van der Waals surface area contributed by atoms with Gasteiger partial charge in [-0.25, -0.2) is 4.67 Å². The number of benzene rings is 1. The van der Waals surface area contributed by atoms with Crippen LogP contribution in [0.25, 0.3) is 0 Å². The highest BCUT2D eigenvalue weighted by Crippen LogP contribution is 2.67. The molecule has 0 radical (unpaired) electrons. The fourth-order valence-corrected chi connectivity index (χ4v) is 7.14. The maximum Gasteiger partial charge on any atom is 0.284 e. The number of rotatable bonds is 4. The van der Waals surface area contributed by atoms with Gasteiger partial charge in [0.1, 0.15) is 0 Å². The molecule has 0 aromatic heterocycles. The normalized spacial score (nSPS) is 18.6. The zero-order chi connectivity index (χ0) is 14.2. The van der Waals surface area contributed by atoms with E-state index in [-0.39, 0.29) is 0 Å². The SMILES string of the molecule is CN(C)P1Oc2ccccc2N1P(N(C)C)N(C)C. The molecule has 0 bridgehead atoms. The molecule has 1 aromatic rings. The Bertz CT molecular complexity index is 433. The van der Waals surface area contributed by atoms with E-state index in [1.807, 2.05) is 12.1 Å². The first-order valence-corrected chi connectivity index (χ1v) is 8.49. The van der Waals surface area contributed by atoms with E-state index in [0.29, 0.717) is 0 Å². The van der Waals surface area contributed by atoms with Gasteiger partial charge in [-0.05, 0) is 54.4 Å². The zero-order valence-corrected chi connectivity index (χ0v) is 14.2. The topological polar surface area (TPSA) is 22.2 Å². The molecule has 0 aliphatic carbocycles. The lowest BCUT2D eigenvalue weighted by Crippen LogP contribution is -2.29. The molecule has 0 saturated heterocycles. The first-order valence-electron chi connectivity index (χ1n) is 6.12. The average molecular weight is 300 g/mol. The summed E-state index contributed by atoms with van der Waals surface area (Å²) < 4.78 is 15.2. The fourth-order valence-electron chi connectivity index (χ4n) is 2.03. The maximum absolute atomic E-state index is 6.14. The van der Waals surface area contributed by atoms with Crippen LogP contribution in [0.2, 0.25) is 0 Å². The van der Waals surface area contributed by atoms with E-state index >= 15 is 0 Å². The van der Waals surface area contributed by atoms with Crippen molar-refractivity contribution in [3.05, 3.63) is 24.3 Å². The van der Waals surface area contributed by atoms with E-state index in [1.54, 1.807) is 0 Å². The predicted molar refractivity (Wildman–Crippen MR) is 84.5 cm³/mol. The Kier molecular flexibility index (Phi) is 4.65. The van der Waals surface area contributed by atoms with Gasteiger partial charge in [0.05, 0.1) is 5.69 Å². The third-order valence-electron chi connectivity index (χ3n) is 2.65. The molecule has 1 aliphatic heterocycles. The van der Waals surface area contributed by atoms with E-state index in [9.17, 15) is 0 Å². The van der Waals surface area contributed by atoms with Crippen molar-refractivity contribution >= 4 is 22.5 Å². The summed E-state index contributed by atoms with van der Waals surface area (Å²) in [5.74, 6) is 0.985. The minimum atomic E-state index is -0.787. The van der Waals surface area contributed by atoms with E-state index < -0.39 is 16.8 Å². The van der Waals surface area contributed by atoms with Crippen LogP contribution in [0.5, 0.6) is 5.75 Å². The van der Waals surface area contributed by atoms with Gasteiger partial charge >= 0.3 is 0 Å². The Morgan fingerprint density at radius 2 is 1.58 bits per heavy atom. The van der Waals surface area contributed by atoms with Gasteiger partial charge in [0.15, 0.2) is 14.1 Å². The van der Waals surface area contributed by atoms with Crippen LogP contribution in [0, 0.1) is 0 Å². The minimum Gasteiger partial charge on any atom is -0.438 e. The Morgan fingerprint density at radius 3 is 2.11 bits per heavy atom. The molecule has 2 rings (SSSR count). The van der Waals surface area contributed by atoms with Crippen molar-refractivity contribution in [3.63, 3.8) is 0 Å². The Morgan fingerprint density at radius 1 is 1.00 bits per heavy atom. The van der Waals surface area contributed by atoms with E-state index in [1.165, 1.54) is 5.69 Å². The van der Waals surface area contributed by atoms with Gasteiger partial charge in [-0.3, -0.25) is 13.8 Å².